The maximum atomic E-state index is 13.7. The van der Waals surface area contributed by atoms with Crippen LogP contribution in [0, 0.1) is 18.6 Å². The molecule has 110 valence electrons. The predicted molar refractivity (Wildman–Crippen MR) is 67.6 cm³/mol. The van der Waals surface area contributed by atoms with Gasteiger partial charge in [-0.2, -0.15) is 8.78 Å². The Labute approximate surface area is 118 Å². The lowest BCUT2D eigenvalue weighted by Crippen LogP contribution is -2.07. The molecule has 2 nitrogen and oxygen atoms in total. The largest absolute Gasteiger partial charge is 0.435 e. The normalized spacial score (nSPS) is 10.8. The highest BCUT2D eigenvalue weighted by atomic mass is 19.3. The van der Waals surface area contributed by atoms with Crippen molar-refractivity contribution in [3.05, 3.63) is 64.7 Å². The van der Waals surface area contributed by atoms with E-state index in [1.54, 1.807) is 0 Å². The van der Waals surface area contributed by atoms with Gasteiger partial charge in [-0.25, -0.2) is 8.78 Å². The predicted octanol–water partition coefficient (Wildman–Crippen LogP) is 4.11. The van der Waals surface area contributed by atoms with Gasteiger partial charge in [0.25, 0.3) is 0 Å². The van der Waals surface area contributed by atoms with E-state index < -0.39 is 29.6 Å². The molecule has 0 N–H and O–H groups in total. The van der Waals surface area contributed by atoms with Gasteiger partial charge in [0, 0.05) is 5.56 Å². The molecular weight excluding hydrogens is 288 g/mol. The summed E-state index contributed by atoms with van der Waals surface area (Å²) in [5, 5.41) is 0. The summed E-state index contributed by atoms with van der Waals surface area (Å²) >= 11 is 0. The van der Waals surface area contributed by atoms with Gasteiger partial charge in [0.05, 0.1) is 5.56 Å². The van der Waals surface area contributed by atoms with Gasteiger partial charge in [-0.15, -0.1) is 0 Å². The van der Waals surface area contributed by atoms with Crippen LogP contribution in [0.15, 0.2) is 36.4 Å². The maximum Gasteiger partial charge on any atom is 0.387 e. The first-order valence-electron chi connectivity index (χ1n) is 5.93. The van der Waals surface area contributed by atoms with E-state index in [1.165, 1.54) is 25.1 Å². The fourth-order valence-corrected chi connectivity index (χ4v) is 1.79. The Morgan fingerprint density at radius 3 is 2.48 bits per heavy atom. The number of benzene rings is 2. The van der Waals surface area contributed by atoms with Crippen LogP contribution >= 0.6 is 0 Å². The van der Waals surface area contributed by atoms with Crippen molar-refractivity contribution in [2.45, 2.75) is 13.5 Å². The number of alkyl halides is 2. The Hall–Kier alpha value is -2.37. The molecule has 21 heavy (non-hydrogen) atoms. The molecule has 0 saturated carbocycles. The first kappa shape index (κ1) is 15.0. The molecule has 0 atom stereocenters. The quantitative estimate of drug-likeness (QED) is 0.627. The molecule has 0 heterocycles. The average molecular weight is 298 g/mol. The molecule has 0 saturated heterocycles. The Balaban J connectivity index is 2.38. The zero-order valence-electron chi connectivity index (χ0n) is 10.9. The average Bonchev–Trinajstić information content (AvgIpc) is 2.41. The molecule has 0 spiro atoms. The number of hydrogen-bond acceptors (Lipinski definition) is 2. The van der Waals surface area contributed by atoms with Crippen LogP contribution in [-0.2, 0) is 0 Å². The number of halogens is 4. The summed E-state index contributed by atoms with van der Waals surface area (Å²) in [6, 6.07) is 6.59. The van der Waals surface area contributed by atoms with Gasteiger partial charge >= 0.3 is 6.61 Å². The van der Waals surface area contributed by atoms with E-state index >= 15 is 0 Å². The van der Waals surface area contributed by atoms with Crippen LogP contribution in [-0.4, -0.2) is 12.4 Å². The minimum atomic E-state index is -3.04. The highest BCUT2D eigenvalue weighted by Crippen LogP contribution is 2.21. The van der Waals surface area contributed by atoms with Crippen molar-refractivity contribution in [1.82, 2.24) is 0 Å². The zero-order chi connectivity index (χ0) is 15.6. The highest BCUT2D eigenvalue weighted by molar-refractivity contribution is 6.09. The number of carbonyl (C=O) groups is 1. The second-order valence-electron chi connectivity index (χ2n) is 4.32. The SMILES string of the molecule is Cc1cc(F)c(C(=O)c2cccc(OC(F)F)c2)cc1F. The van der Waals surface area contributed by atoms with E-state index in [1.807, 2.05) is 0 Å². The van der Waals surface area contributed by atoms with Crippen LogP contribution in [0.25, 0.3) is 0 Å². The molecule has 0 amide bonds. The summed E-state index contributed by atoms with van der Waals surface area (Å²) in [5.41, 5.74) is -0.471. The molecule has 0 aliphatic carbocycles. The third kappa shape index (κ3) is 3.39. The van der Waals surface area contributed by atoms with Crippen LogP contribution < -0.4 is 4.74 Å². The van der Waals surface area contributed by atoms with Crippen LogP contribution in [0.2, 0.25) is 0 Å². The van der Waals surface area contributed by atoms with Gasteiger partial charge < -0.3 is 4.74 Å². The van der Waals surface area contributed by atoms with Crippen molar-refractivity contribution in [3.8, 4) is 5.75 Å². The van der Waals surface area contributed by atoms with E-state index in [0.29, 0.717) is 0 Å². The van der Waals surface area contributed by atoms with E-state index in [0.717, 1.165) is 18.2 Å². The fraction of sp³-hybridized carbons (Fsp3) is 0.133. The monoisotopic (exact) mass is 298 g/mol. The number of aryl methyl sites for hydroxylation is 1. The van der Waals surface area contributed by atoms with Crippen molar-refractivity contribution >= 4 is 5.78 Å². The Kier molecular flexibility index (Phi) is 4.26. The van der Waals surface area contributed by atoms with Gasteiger partial charge in [-0.1, -0.05) is 12.1 Å². The number of ketones is 1. The Morgan fingerprint density at radius 1 is 1.10 bits per heavy atom. The molecule has 6 heteroatoms. The van der Waals surface area contributed by atoms with Crippen molar-refractivity contribution in [1.29, 1.82) is 0 Å². The minimum Gasteiger partial charge on any atom is -0.435 e. The van der Waals surface area contributed by atoms with E-state index in [4.69, 9.17) is 0 Å². The zero-order valence-corrected chi connectivity index (χ0v) is 10.9. The van der Waals surface area contributed by atoms with Gasteiger partial charge in [-0.05, 0) is 36.8 Å². The standard InChI is InChI=1S/C15H10F4O2/c1-8-5-13(17)11(7-12(8)16)14(20)9-3-2-4-10(6-9)21-15(18)19/h2-7,15H,1H3. The summed E-state index contributed by atoms with van der Waals surface area (Å²) in [7, 11) is 0. The minimum absolute atomic E-state index is 0.0684. The lowest BCUT2D eigenvalue weighted by atomic mass is 10.0. The first-order valence-corrected chi connectivity index (χ1v) is 5.93. The molecule has 0 radical (unpaired) electrons. The topological polar surface area (TPSA) is 26.3 Å². The van der Waals surface area contributed by atoms with Crippen molar-refractivity contribution in [2.24, 2.45) is 0 Å². The van der Waals surface area contributed by atoms with Crippen LogP contribution in [0.1, 0.15) is 21.5 Å². The van der Waals surface area contributed by atoms with Crippen LogP contribution in [0.3, 0.4) is 0 Å². The Bertz CT molecular complexity index is 683. The lowest BCUT2D eigenvalue weighted by molar-refractivity contribution is -0.0498. The molecule has 0 unspecified atom stereocenters. The van der Waals surface area contributed by atoms with Gasteiger partial charge in [0.2, 0.25) is 0 Å². The van der Waals surface area contributed by atoms with Crippen LogP contribution in [0.4, 0.5) is 17.6 Å². The number of rotatable bonds is 4. The van der Waals surface area contributed by atoms with Gasteiger partial charge in [0.15, 0.2) is 5.78 Å². The fourth-order valence-electron chi connectivity index (χ4n) is 1.79. The number of ether oxygens (including phenoxy) is 1. The first-order chi connectivity index (χ1) is 9.88. The molecule has 0 aromatic heterocycles. The third-order valence-corrected chi connectivity index (χ3v) is 2.81. The van der Waals surface area contributed by atoms with E-state index in [9.17, 15) is 22.4 Å². The highest BCUT2D eigenvalue weighted by Gasteiger charge is 2.17. The summed E-state index contributed by atoms with van der Waals surface area (Å²) in [6.07, 6.45) is 0. The molecular formula is C15H10F4O2. The molecule has 0 bridgehead atoms. The molecule has 0 aliphatic heterocycles. The van der Waals surface area contributed by atoms with Crippen LogP contribution in [0.5, 0.6) is 5.75 Å². The molecule has 2 rings (SSSR count). The smallest absolute Gasteiger partial charge is 0.387 e. The van der Waals surface area contributed by atoms with Crippen molar-refractivity contribution in [2.75, 3.05) is 0 Å². The summed E-state index contributed by atoms with van der Waals surface area (Å²) < 4.78 is 55.6. The summed E-state index contributed by atoms with van der Waals surface area (Å²) in [4.78, 5) is 12.1. The molecule has 2 aromatic carbocycles. The lowest BCUT2D eigenvalue weighted by Gasteiger charge is -2.08. The third-order valence-electron chi connectivity index (χ3n) is 2.81. The van der Waals surface area contributed by atoms with E-state index in [-0.39, 0.29) is 16.9 Å². The van der Waals surface area contributed by atoms with Crippen molar-refractivity contribution < 1.29 is 27.1 Å². The summed E-state index contributed by atoms with van der Waals surface area (Å²) in [6.45, 7) is -1.67. The second kappa shape index (κ2) is 5.95. The van der Waals surface area contributed by atoms with Gasteiger partial charge in [-0.3, -0.25) is 4.79 Å². The number of hydrogen-bond donors (Lipinski definition) is 0. The number of carbonyl (C=O) groups excluding carboxylic acids is 1. The Morgan fingerprint density at radius 2 is 1.81 bits per heavy atom. The van der Waals surface area contributed by atoms with Crippen molar-refractivity contribution in [3.63, 3.8) is 0 Å². The second-order valence-corrected chi connectivity index (χ2v) is 4.32. The van der Waals surface area contributed by atoms with E-state index in [2.05, 4.69) is 4.74 Å². The molecule has 0 fully saturated rings. The molecule has 0 aliphatic rings. The summed E-state index contributed by atoms with van der Waals surface area (Å²) in [5.74, 6) is -2.64. The molecule has 2 aromatic rings. The van der Waals surface area contributed by atoms with Gasteiger partial charge in [0.1, 0.15) is 17.4 Å². The maximum absolute atomic E-state index is 13.7.